The Morgan fingerprint density at radius 2 is 2.17 bits per heavy atom. The van der Waals surface area contributed by atoms with Crippen molar-refractivity contribution in [3.63, 3.8) is 0 Å². The SMILES string of the molecule is Cc1oncc1C(=O)N(C)C1CN(c2cc3c(nn2)CCC3)C1. The van der Waals surface area contributed by atoms with E-state index in [1.807, 2.05) is 7.05 Å². The van der Waals surface area contributed by atoms with Crippen molar-refractivity contribution < 1.29 is 9.32 Å². The van der Waals surface area contributed by atoms with Gasteiger partial charge in [-0.2, -0.15) is 5.10 Å². The zero-order chi connectivity index (χ0) is 16.0. The van der Waals surface area contributed by atoms with Gasteiger partial charge in [0.15, 0.2) is 5.82 Å². The summed E-state index contributed by atoms with van der Waals surface area (Å²) in [7, 11) is 1.82. The van der Waals surface area contributed by atoms with Gasteiger partial charge < -0.3 is 14.3 Å². The topological polar surface area (TPSA) is 75.4 Å². The monoisotopic (exact) mass is 313 g/mol. The molecular weight excluding hydrogens is 294 g/mol. The van der Waals surface area contributed by atoms with E-state index in [9.17, 15) is 4.79 Å². The lowest BCUT2D eigenvalue weighted by molar-refractivity contribution is 0.0703. The third-order valence-electron chi connectivity index (χ3n) is 4.84. The molecule has 2 aromatic heterocycles. The minimum Gasteiger partial charge on any atom is -0.361 e. The molecule has 1 amide bonds. The molecular formula is C16H19N5O2. The maximum absolute atomic E-state index is 12.4. The maximum Gasteiger partial charge on any atom is 0.259 e. The van der Waals surface area contributed by atoms with Gasteiger partial charge in [-0.15, -0.1) is 5.10 Å². The van der Waals surface area contributed by atoms with E-state index in [1.165, 1.54) is 18.2 Å². The van der Waals surface area contributed by atoms with Crippen LogP contribution in [0.3, 0.4) is 0 Å². The second-order valence-corrected chi connectivity index (χ2v) is 6.30. The fourth-order valence-electron chi connectivity index (χ4n) is 3.22. The van der Waals surface area contributed by atoms with Gasteiger partial charge >= 0.3 is 0 Å². The number of fused-ring (bicyclic) bond motifs is 1. The molecule has 4 rings (SSSR count). The Morgan fingerprint density at radius 3 is 2.91 bits per heavy atom. The molecule has 0 bridgehead atoms. The Morgan fingerprint density at radius 1 is 1.35 bits per heavy atom. The molecule has 0 radical (unpaired) electrons. The number of likely N-dealkylation sites (N-methyl/N-ethyl adjacent to an activating group) is 1. The van der Waals surface area contributed by atoms with Gasteiger partial charge in [-0.25, -0.2) is 0 Å². The fourth-order valence-corrected chi connectivity index (χ4v) is 3.22. The predicted octanol–water partition coefficient (Wildman–Crippen LogP) is 1.22. The third kappa shape index (κ3) is 2.36. The number of aromatic nitrogens is 3. The highest BCUT2D eigenvalue weighted by Crippen LogP contribution is 2.27. The second kappa shape index (κ2) is 5.33. The van der Waals surface area contributed by atoms with Gasteiger partial charge in [0.25, 0.3) is 5.91 Å². The van der Waals surface area contributed by atoms with Crippen LogP contribution < -0.4 is 4.90 Å². The molecule has 1 aliphatic heterocycles. The van der Waals surface area contributed by atoms with E-state index in [2.05, 4.69) is 26.3 Å². The summed E-state index contributed by atoms with van der Waals surface area (Å²) in [5.41, 5.74) is 2.99. The molecule has 0 atom stereocenters. The van der Waals surface area contributed by atoms with Crippen LogP contribution >= 0.6 is 0 Å². The number of rotatable bonds is 3. The molecule has 1 fully saturated rings. The first-order valence-corrected chi connectivity index (χ1v) is 7.92. The van der Waals surface area contributed by atoms with Crippen LogP contribution in [0.4, 0.5) is 5.82 Å². The van der Waals surface area contributed by atoms with Crippen molar-refractivity contribution >= 4 is 11.7 Å². The Hall–Kier alpha value is -2.44. The first kappa shape index (κ1) is 14.2. The molecule has 1 saturated heterocycles. The van der Waals surface area contributed by atoms with E-state index in [-0.39, 0.29) is 11.9 Å². The van der Waals surface area contributed by atoms with Crippen LogP contribution in [0.1, 0.15) is 33.8 Å². The largest absolute Gasteiger partial charge is 0.361 e. The molecule has 7 nitrogen and oxygen atoms in total. The maximum atomic E-state index is 12.4. The number of hydrogen-bond donors (Lipinski definition) is 0. The number of anilines is 1. The first-order chi connectivity index (χ1) is 11.1. The number of amides is 1. The fraction of sp³-hybridized carbons (Fsp3) is 0.500. The van der Waals surface area contributed by atoms with Crippen LogP contribution in [0, 0.1) is 6.92 Å². The van der Waals surface area contributed by atoms with Crippen LogP contribution in [0.2, 0.25) is 0 Å². The van der Waals surface area contributed by atoms with E-state index < -0.39 is 0 Å². The summed E-state index contributed by atoms with van der Waals surface area (Å²) in [5, 5.41) is 12.3. The number of carbonyl (C=O) groups is 1. The van der Waals surface area contributed by atoms with E-state index >= 15 is 0 Å². The van der Waals surface area contributed by atoms with Crippen LogP contribution in [0.15, 0.2) is 16.8 Å². The molecule has 1 aliphatic carbocycles. The molecule has 0 unspecified atom stereocenters. The van der Waals surface area contributed by atoms with Crippen molar-refractivity contribution in [2.75, 3.05) is 25.0 Å². The number of carbonyl (C=O) groups excluding carboxylic acids is 1. The van der Waals surface area contributed by atoms with Gasteiger partial charge in [0, 0.05) is 20.1 Å². The quantitative estimate of drug-likeness (QED) is 0.848. The van der Waals surface area contributed by atoms with Gasteiger partial charge in [0.1, 0.15) is 11.3 Å². The summed E-state index contributed by atoms with van der Waals surface area (Å²) in [6.07, 6.45) is 4.79. The van der Waals surface area contributed by atoms with Crippen molar-refractivity contribution in [3.05, 3.63) is 34.8 Å². The van der Waals surface area contributed by atoms with Crippen LogP contribution in [0.25, 0.3) is 0 Å². The third-order valence-corrected chi connectivity index (χ3v) is 4.84. The molecule has 0 aromatic carbocycles. The molecule has 3 heterocycles. The molecule has 0 saturated carbocycles. The number of aryl methyl sites for hydroxylation is 3. The highest BCUT2D eigenvalue weighted by Gasteiger charge is 2.35. The summed E-state index contributed by atoms with van der Waals surface area (Å²) in [5.74, 6) is 1.43. The molecule has 7 heteroatoms. The summed E-state index contributed by atoms with van der Waals surface area (Å²) in [6, 6.07) is 2.32. The van der Waals surface area contributed by atoms with E-state index in [1.54, 1.807) is 11.8 Å². The lowest BCUT2D eigenvalue weighted by atomic mass is 10.1. The number of hydrogen-bond acceptors (Lipinski definition) is 6. The van der Waals surface area contributed by atoms with E-state index in [0.717, 1.165) is 37.4 Å². The van der Waals surface area contributed by atoms with Crippen molar-refractivity contribution in [1.82, 2.24) is 20.3 Å². The highest BCUT2D eigenvalue weighted by atomic mass is 16.5. The van der Waals surface area contributed by atoms with Gasteiger partial charge in [-0.3, -0.25) is 4.79 Å². The molecule has 2 aromatic rings. The minimum absolute atomic E-state index is 0.0477. The Balaban J connectivity index is 1.41. The zero-order valence-corrected chi connectivity index (χ0v) is 13.3. The molecule has 23 heavy (non-hydrogen) atoms. The van der Waals surface area contributed by atoms with Crippen LogP contribution in [-0.2, 0) is 12.8 Å². The summed E-state index contributed by atoms with van der Waals surface area (Å²) in [6.45, 7) is 3.31. The molecule has 2 aliphatic rings. The van der Waals surface area contributed by atoms with E-state index in [0.29, 0.717) is 11.3 Å². The average molecular weight is 313 g/mol. The minimum atomic E-state index is -0.0477. The molecule has 0 N–H and O–H groups in total. The lowest BCUT2D eigenvalue weighted by Crippen LogP contribution is -2.60. The zero-order valence-electron chi connectivity index (χ0n) is 13.3. The summed E-state index contributed by atoms with van der Waals surface area (Å²) >= 11 is 0. The Kier molecular flexibility index (Phi) is 3.28. The lowest BCUT2D eigenvalue weighted by Gasteiger charge is -2.44. The van der Waals surface area contributed by atoms with E-state index in [4.69, 9.17) is 4.52 Å². The highest BCUT2D eigenvalue weighted by molar-refractivity contribution is 5.95. The standard InChI is InChI=1S/C16H19N5O2/c1-10-13(7-17-23-10)16(22)20(2)12-8-21(9-12)15-6-11-4-3-5-14(11)18-19-15/h6-7,12H,3-5,8-9H2,1-2H3. The van der Waals surface area contributed by atoms with Crippen molar-refractivity contribution in [2.24, 2.45) is 0 Å². The average Bonchev–Trinajstić information content (AvgIpc) is 3.12. The number of nitrogens with zero attached hydrogens (tertiary/aromatic N) is 5. The molecule has 120 valence electrons. The van der Waals surface area contributed by atoms with Gasteiger partial charge in [0.05, 0.1) is 17.9 Å². The van der Waals surface area contributed by atoms with Gasteiger partial charge in [-0.05, 0) is 37.8 Å². The second-order valence-electron chi connectivity index (χ2n) is 6.30. The smallest absolute Gasteiger partial charge is 0.259 e. The predicted molar refractivity (Wildman–Crippen MR) is 83.4 cm³/mol. The first-order valence-electron chi connectivity index (χ1n) is 7.92. The summed E-state index contributed by atoms with van der Waals surface area (Å²) in [4.78, 5) is 16.4. The Bertz CT molecular complexity index is 751. The van der Waals surface area contributed by atoms with Crippen molar-refractivity contribution in [2.45, 2.75) is 32.2 Å². The summed E-state index contributed by atoms with van der Waals surface area (Å²) < 4.78 is 4.97. The van der Waals surface area contributed by atoms with Crippen LogP contribution in [0.5, 0.6) is 0 Å². The Labute approximate surface area is 134 Å². The van der Waals surface area contributed by atoms with Crippen molar-refractivity contribution in [3.8, 4) is 0 Å². The van der Waals surface area contributed by atoms with Gasteiger partial charge in [-0.1, -0.05) is 5.16 Å². The molecule has 0 spiro atoms. The van der Waals surface area contributed by atoms with Crippen LogP contribution in [-0.4, -0.2) is 52.3 Å². The van der Waals surface area contributed by atoms with Crippen molar-refractivity contribution in [1.29, 1.82) is 0 Å². The van der Waals surface area contributed by atoms with Gasteiger partial charge in [0.2, 0.25) is 0 Å². The normalized spacial score (nSPS) is 17.0.